The Morgan fingerprint density at radius 2 is 1.67 bits per heavy atom. The number of carbonyl (C=O) groups excluding carboxylic acids is 1. The highest BCUT2D eigenvalue weighted by Gasteiger charge is 2.46. The molecule has 4 heterocycles. The minimum atomic E-state index is -0.845. The maximum Gasteiger partial charge on any atom is 0.307 e. The highest BCUT2D eigenvalue weighted by molar-refractivity contribution is 5.70. The number of hydrogen-bond donors (Lipinski definition) is 0. The van der Waals surface area contributed by atoms with E-state index in [-0.39, 0.29) is 28.9 Å². The first-order valence-corrected chi connectivity index (χ1v) is 13.8. The number of carbonyl (C=O) groups is 1. The van der Waals surface area contributed by atoms with Gasteiger partial charge in [0.1, 0.15) is 17.4 Å². The summed E-state index contributed by atoms with van der Waals surface area (Å²) in [5.41, 5.74) is 3.67. The molecule has 0 radical (unpaired) electrons. The van der Waals surface area contributed by atoms with Crippen LogP contribution in [0.15, 0.2) is 66.7 Å². The van der Waals surface area contributed by atoms with Gasteiger partial charge in [-0.15, -0.1) is 0 Å². The van der Waals surface area contributed by atoms with Crippen LogP contribution < -0.4 is 21.7 Å². The number of rotatable bonds is 8. The van der Waals surface area contributed by atoms with E-state index in [0.717, 1.165) is 55.6 Å². The van der Waals surface area contributed by atoms with Gasteiger partial charge in [0.25, 0.3) is 0 Å². The summed E-state index contributed by atoms with van der Waals surface area (Å²) in [6.45, 7) is 5.17. The first-order chi connectivity index (χ1) is 18.5. The largest absolute Gasteiger partial charge is 1.00 e. The molecule has 1 atom stereocenters. The third-order valence-corrected chi connectivity index (χ3v) is 8.85. The first-order valence-electron chi connectivity index (χ1n) is 13.8. The summed E-state index contributed by atoms with van der Waals surface area (Å²) in [6, 6.07) is 18.6. The second-order valence-corrected chi connectivity index (χ2v) is 11.3. The fourth-order valence-electron chi connectivity index (χ4n) is 6.81. The molecular formula is C32H34BrF2NO3. The summed E-state index contributed by atoms with van der Waals surface area (Å²) < 4.78 is 40.7. The van der Waals surface area contributed by atoms with Gasteiger partial charge in [-0.2, -0.15) is 0 Å². The molecule has 0 aromatic heterocycles. The molecule has 0 amide bonds. The average molecular weight is 599 g/mol. The van der Waals surface area contributed by atoms with Gasteiger partial charge >= 0.3 is 5.97 Å². The molecule has 0 N–H and O–H groups in total. The molecule has 3 fully saturated rings. The van der Waals surface area contributed by atoms with E-state index in [1.165, 1.54) is 48.5 Å². The second kappa shape index (κ2) is 11.8. The Bertz CT molecular complexity index is 1280. The summed E-state index contributed by atoms with van der Waals surface area (Å²) in [4.78, 5) is 13.3. The number of benzene rings is 3. The zero-order valence-electron chi connectivity index (χ0n) is 22.0. The minimum Gasteiger partial charge on any atom is -1.00 e. The standard InChI is InChI=1S/C32H34F2NO3.BrH/c33-28-5-1-3-25(18-28)32(26-4-2-6-29(34)19-26)38-31(36)20-27-21-35(14-10-23(27)11-15-35)13-9-22-7-8-30-24(17-22)12-16-37-30;/h1-8,17-19,23,27,32H,9-16,20-21H2;1H/q+1;/p-1/t23?,27-,35?;/m0./s1. The Hall–Kier alpha value is -2.77. The number of quaternary nitrogens is 1. The first kappa shape index (κ1) is 27.8. The molecule has 0 aliphatic carbocycles. The zero-order valence-corrected chi connectivity index (χ0v) is 23.5. The molecule has 0 unspecified atom stereocenters. The van der Waals surface area contributed by atoms with E-state index < -0.39 is 17.7 Å². The Morgan fingerprint density at radius 1 is 0.974 bits per heavy atom. The lowest BCUT2D eigenvalue weighted by molar-refractivity contribution is -0.946. The summed E-state index contributed by atoms with van der Waals surface area (Å²) in [5, 5.41) is 0. The van der Waals surface area contributed by atoms with Crippen LogP contribution in [0.25, 0.3) is 0 Å². The van der Waals surface area contributed by atoms with Crippen molar-refractivity contribution in [2.45, 2.75) is 38.2 Å². The Kier molecular flexibility index (Phi) is 8.38. The molecule has 39 heavy (non-hydrogen) atoms. The van der Waals surface area contributed by atoms with Gasteiger partial charge in [-0.3, -0.25) is 4.79 Å². The summed E-state index contributed by atoms with van der Waals surface area (Å²) in [7, 11) is 0. The number of ether oxygens (including phenoxy) is 2. The van der Waals surface area contributed by atoms with Gasteiger partial charge in [-0.05, 0) is 58.5 Å². The van der Waals surface area contributed by atoms with Crippen molar-refractivity contribution in [1.82, 2.24) is 0 Å². The van der Waals surface area contributed by atoms with E-state index in [0.29, 0.717) is 23.5 Å². The lowest BCUT2D eigenvalue weighted by Gasteiger charge is -2.52. The van der Waals surface area contributed by atoms with Crippen molar-refractivity contribution in [3.63, 3.8) is 0 Å². The number of halogens is 3. The smallest absolute Gasteiger partial charge is 0.307 e. The number of hydrogen-bond acceptors (Lipinski definition) is 3. The highest BCUT2D eigenvalue weighted by atomic mass is 79.9. The van der Waals surface area contributed by atoms with Gasteiger partial charge in [0, 0.05) is 31.6 Å². The fourth-order valence-corrected chi connectivity index (χ4v) is 6.81. The van der Waals surface area contributed by atoms with Crippen LogP contribution in [-0.4, -0.2) is 43.2 Å². The van der Waals surface area contributed by atoms with Crippen LogP contribution in [0.2, 0.25) is 0 Å². The Morgan fingerprint density at radius 3 is 2.33 bits per heavy atom. The SMILES string of the molecule is O=C(C[C@H]1C[N+]2(CCc3ccc4c(c3)CCO4)CCC1CC2)OC(c1cccc(F)c1)c1cccc(F)c1.[Br-]. The van der Waals surface area contributed by atoms with Gasteiger partial charge < -0.3 is 30.9 Å². The normalized spacial score (nSPS) is 23.2. The number of nitrogens with zero attached hydrogens (tertiary/aromatic N) is 1. The molecule has 4 nitrogen and oxygen atoms in total. The molecule has 7 rings (SSSR count). The summed E-state index contributed by atoms with van der Waals surface area (Å²) >= 11 is 0. The van der Waals surface area contributed by atoms with Crippen molar-refractivity contribution < 1.29 is 44.5 Å². The van der Waals surface area contributed by atoms with Crippen molar-refractivity contribution in [1.29, 1.82) is 0 Å². The van der Waals surface area contributed by atoms with Crippen LogP contribution in [0.4, 0.5) is 8.78 Å². The summed E-state index contributed by atoms with van der Waals surface area (Å²) in [6.07, 6.45) is 3.77. The van der Waals surface area contributed by atoms with E-state index >= 15 is 0 Å². The highest BCUT2D eigenvalue weighted by Crippen LogP contribution is 2.40. The van der Waals surface area contributed by atoms with E-state index in [9.17, 15) is 13.6 Å². The number of fused-ring (bicyclic) bond motifs is 4. The van der Waals surface area contributed by atoms with Crippen molar-refractivity contribution in [2.75, 3.05) is 32.8 Å². The quantitative estimate of drug-likeness (QED) is 0.296. The monoisotopic (exact) mass is 597 g/mol. The molecule has 2 bridgehead atoms. The second-order valence-electron chi connectivity index (χ2n) is 11.3. The number of piperidine rings is 3. The molecule has 3 aromatic rings. The molecule has 0 spiro atoms. The molecular weight excluding hydrogens is 564 g/mol. The Balaban J connectivity index is 0.00000308. The van der Waals surface area contributed by atoms with Crippen LogP contribution >= 0.6 is 0 Å². The molecule has 4 aliphatic heterocycles. The average Bonchev–Trinajstić information content (AvgIpc) is 3.39. The molecule has 7 heteroatoms. The van der Waals surface area contributed by atoms with Crippen molar-refractivity contribution in [2.24, 2.45) is 11.8 Å². The van der Waals surface area contributed by atoms with E-state index in [1.54, 1.807) is 24.3 Å². The predicted molar refractivity (Wildman–Crippen MR) is 141 cm³/mol. The lowest BCUT2D eigenvalue weighted by atomic mass is 9.75. The van der Waals surface area contributed by atoms with Crippen LogP contribution in [0.3, 0.4) is 0 Å². The van der Waals surface area contributed by atoms with Crippen molar-refractivity contribution in [3.8, 4) is 5.75 Å². The maximum atomic E-state index is 14.0. The van der Waals surface area contributed by atoms with Crippen LogP contribution in [0.1, 0.15) is 47.6 Å². The Labute approximate surface area is 239 Å². The van der Waals surface area contributed by atoms with Gasteiger partial charge in [0.2, 0.25) is 0 Å². The van der Waals surface area contributed by atoms with Gasteiger partial charge in [-0.25, -0.2) is 8.78 Å². The minimum absolute atomic E-state index is 0. The molecule has 206 valence electrons. The molecule has 4 aliphatic rings. The van der Waals surface area contributed by atoms with Gasteiger partial charge in [0.05, 0.1) is 39.2 Å². The molecule has 0 saturated carbocycles. The van der Waals surface area contributed by atoms with Gasteiger partial charge in [0.15, 0.2) is 6.10 Å². The third kappa shape index (κ3) is 6.20. The van der Waals surface area contributed by atoms with Crippen LogP contribution in [-0.2, 0) is 22.4 Å². The fraction of sp³-hybridized carbons (Fsp3) is 0.406. The molecule has 3 aromatic carbocycles. The zero-order chi connectivity index (χ0) is 26.1. The maximum absolute atomic E-state index is 14.0. The number of esters is 1. The predicted octanol–water partition coefficient (Wildman–Crippen LogP) is 3.03. The van der Waals surface area contributed by atoms with E-state index in [1.807, 2.05) is 0 Å². The van der Waals surface area contributed by atoms with Gasteiger partial charge in [-0.1, -0.05) is 36.4 Å². The lowest BCUT2D eigenvalue weighted by Crippen LogP contribution is -3.00. The molecule has 3 saturated heterocycles. The third-order valence-electron chi connectivity index (χ3n) is 8.85. The van der Waals surface area contributed by atoms with Crippen molar-refractivity contribution >= 4 is 5.97 Å². The topological polar surface area (TPSA) is 35.5 Å². The summed E-state index contributed by atoms with van der Waals surface area (Å²) in [5.74, 6) is 0.673. The van der Waals surface area contributed by atoms with E-state index in [4.69, 9.17) is 9.47 Å². The van der Waals surface area contributed by atoms with Crippen LogP contribution in [0.5, 0.6) is 5.75 Å². The van der Waals surface area contributed by atoms with E-state index in [2.05, 4.69) is 18.2 Å². The van der Waals surface area contributed by atoms with Crippen LogP contribution in [0, 0.1) is 23.5 Å². The van der Waals surface area contributed by atoms with Crippen molar-refractivity contribution in [3.05, 3.63) is 101 Å².